The summed E-state index contributed by atoms with van der Waals surface area (Å²) in [6.45, 7) is 2.98. The standard InChI is InChI=1S/C13H18BrN3O2/c1-17-5-6-19-9(8-17)7-16-13(18)10-3-2-4-11(15)12(10)14/h2-4,9H,5-8,15H2,1H3,(H,16,18). The minimum atomic E-state index is -0.143. The van der Waals surface area contributed by atoms with E-state index >= 15 is 0 Å². The van der Waals surface area contributed by atoms with Crippen molar-refractivity contribution in [1.82, 2.24) is 10.2 Å². The summed E-state index contributed by atoms with van der Waals surface area (Å²) in [5, 5.41) is 2.88. The maximum absolute atomic E-state index is 12.1. The Hall–Kier alpha value is -1.11. The zero-order valence-corrected chi connectivity index (χ0v) is 12.4. The van der Waals surface area contributed by atoms with Crippen LogP contribution in [0.5, 0.6) is 0 Å². The zero-order chi connectivity index (χ0) is 13.8. The average molecular weight is 328 g/mol. The molecular weight excluding hydrogens is 310 g/mol. The summed E-state index contributed by atoms with van der Waals surface area (Å²) in [6.07, 6.45) is 0.0440. The molecule has 0 aromatic heterocycles. The molecule has 1 aromatic rings. The fraction of sp³-hybridized carbons (Fsp3) is 0.462. The fourth-order valence-corrected chi connectivity index (χ4v) is 2.46. The van der Waals surface area contributed by atoms with Gasteiger partial charge in [-0.1, -0.05) is 6.07 Å². The van der Waals surface area contributed by atoms with E-state index in [-0.39, 0.29) is 12.0 Å². The summed E-state index contributed by atoms with van der Waals surface area (Å²) in [7, 11) is 2.05. The number of hydrogen-bond donors (Lipinski definition) is 2. The van der Waals surface area contributed by atoms with Crippen molar-refractivity contribution < 1.29 is 9.53 Å². The molecule has 1 amide bonds. The number of amides is 1. The molecule has 5 nitrogen and oxygen atoms in total. The second kappa shape index (κ2) is 6.36. The smallest absolute Gasteiger partial charge is 0.252 e. The second-order valence-electron chi connectivity index (χ2n) is 4.67. The van der Waals surface area contributed by atoms with Crippen LogP contribution in [-0.2, 0) is 4.74 Å². The summed E-state index contributed by atoms with van der Waals surface area (Å²) < 4.78 is 6.23. The average Bonchev–Trinajstić information content (AvgIpc) is 2.39. The predicted molar refractivity (Wildman–Crippen MR) is 78.1 cm³/mol. The van der Waals surface area contributed by atoms with Gasteiger partial charge < -0.3 is 20.7 Å². The number of halogens is 1. The Bertz CT molecular complexity index is 467. The van der Waals surface area contributed by atoms with Gasteiger partial charge in [0.05, 0.1) is 22.7 Å². The van der Waals surface area contributed by atoms with Gasteiger partial charge in [0.25, 0.3) is 5.91 Å². The molecule has 104 valence electrons. The SMILES string of the molecule is CN1CCOC(CNC(=O)c2cccc(N)c2Br)C1. The highest BCUT2D eigenvalue weighted by atomic mass is 79.9. The van der Waals surface area contributed by atoms with E-state index in [2.05, 4.69) is 26.1 Å². The lowest BCUT2D eigenvalue weighted by Crippen LogP contribution is -2.45. The van der Waals surface area contributed by atoms with Gasteiger partial charge in [0.2, 0.25) is 0 Å². The number of nitrogens with zero attached hydrogens (tertiary/aromatic N) is 1. The molecule has 1 saturated heterocycles. The Morgan fingerprint density at radius 1 is 1.63 bits per heavy atom. The third kappa shape index (κ3) is 3.68. The first kappa shape index (κ1) is 14.3. The number of anilines is 1. The lowest BCUT2D eigenvalue weighted by Gasteiger charge is -2.30. The first-order valence-corrected chi connectivity index (χ1v) is 6.99. The zero-order valence-electron chi connectivity index (χ0n) is 10.9. The number of nitrogens with two attached hydrogens (primary N) is 1. The van der Waals surface area contributed by atoms with E-state index in [0.29, 0.717) is 28.9 Å². The van der Waals surface area contributed by atoms with Crippen molar-refractivity contribution in [2.24, 2.45) is 0 Å². The van der Waals surface area contributed by atoms with Crippen molar-refractivity contribution in [2.75, 3.05) is 39.0 Å². The molecule has 1 aromatic carbocycles. The molecule has 0 bridgehead atoms. The lowest BCUT2D eigenvalue weighted by atomic mass is 10.2. The van der Waals surface area contributed by atoms with Crippen LogP contribution in [-0.4, -0.2) is 50.2 Å². The van der Waals surface area contributed by atoms with Gasteiger partial charge in [0, 0.05) is 25.3 Å². The van der Waals surface area contributed by atoms with E-state index < -0.39 is 0 Å². The Labute approximate surface area is 121 Å². The molecule has 0 saturated carbocycles. The maximum Gasteiger partial charge on any atom is 0.252 e. The van der Waals surface area contributed by atoms with Crippen molar-refractivity contribution in [3.8, 4) is 0 Å². The van der Waals surface area contributed by atoms with Gasteiger partial charge in [-0.05, 0) is 35.1 Å². The van der Waals surface area contributed by atoms with Crippen LogP contribution in [0.2, 0.25) is 0 Å². The normalized spacial score (nSPS) is 20.2. The number of rotatable bonds is 3. The summed E-state index contributed by atoms with van der Waals surface area (Å²) in [6, 6.07) is 5.25. The van der Waals surface area contributed by atoms with Crippen molar-refractivity contribution in [3.63, 3.8) is 0 Å². The molecule has 19 heavy (non-hydrogen) atoms. The summed E-state index contributed by atoms with van der Waals surface area (Å²) in [5.41, 5.74) is 6.86. The number of carbonyl (C=O) groups excluding carboxylic acids is 1. The number of morpholine rings is 1. The lowest BCUT2D eigenvalue weighted by molar-refractivity contribution is -0.0175. The molecular formula is C13H18BrN3O2. The van der Waals surface area contributed by atoms with Crippen LogP contribution in [0, 0.1) is 0 Å². The van der Waals surface area contributed by atoms with Crippen LogP contribution in [0.4, 0.5) is 5.69 Å². The minimum absolute atomic E-state index is 0.0440. The van der Waals surface area contributed by atoms with Crippen molar-refractivity contribution in [3.05, 3.63) is 28.2 Å². The van der Waals surface area contributed by atoms with Crippen LogP contribution >= 0.6 is 15.9 Å². The van der Waals surface area contributed by atoms with Gasteiger partial charge >= 0.3 is 0 Å². The van der Waals surface area contributed by atoms with Gasteiger partial charge in [-0.2, -0.15) is 0 Å². The van der Waals surface area contributed by atoms with Crippen LogP contribution < -0.4 is 11.1 Å². The van der Waals surface area contributed by atoms with E-state index in [4.69, 9.17) is 10.5 Å². The molecule has 1 heterocycles. The molecule has 0 aliphatic carbocycles. The van der Waals surface area contributed by atoms with Crippen LogP contribution in [0.3, 0.4) is 0 Å². The van der Waals surface area contributed by atoms with Gasteiger partial charge in [-0.25, -0.2) is 0 Å². The first-order chi connectivity index (χ1) is 9.08. The Morgan fingerprint density at radius 2 is 2.42 bits per heavy atom. The van der Waals surface area contributed by atoms with Gasteiger partial charge in [0.15, 0.2) is 0 Å². The molecule has 0 spiro atoms. The second-order valence-corrected chi connectivity index (χ2v) is 5.47. The molecule has 6 heteroatoms. The number of hydrogen-bond acceptors (Lipinski definition) is 4. The predicted octanol–water partition coefficient (Wildman–Crippen LogP) is 1.09. The highest BCUT2D eigenvalue weighted by molar-refractivity contribution is 9.10. The molecule has 0 radical (unpaired) electrons. The molecule has 1 fully saturated rings. The van der Waals surface area contributed by atoms with E-state index in [9.17, 15) is 4.79 Å². The molecule has 1 aliphatic heterocycles. The van der Waals surface area contributed by atoms with Gasteiger partial charge in [-0.3, -0.25) is 4.79 Å². The first-order valence-electron chi connectivity index (χ1n) is 6.20. The minimum Gasteiger partial charge on any atom is -0.398 e. The Balaban J connectivity index is 1.92. The van der Waals surface area contributed by atoms with Crippen LogP contribution in [0.15, 0.2) is 22.7 Å². The highest BCUT2D eigenvalue weighted by Crippen LogP contribution is 2.23. The maximum atomic E-state index is 12.1. The number of nitrogen functional groups attached to an aromatic ring is 1. The fourth-order valence-electron chi connectivity index (χ4n) is 2.02. The van der Waals surface area contributed by atoms with Gasteiger partial charge in [0.1, 0.15) is 0 Å². The van der Waals surface area contributed by atoms with E-state index in [1.807, 2.05) is 7.05 Å². The van der Waals surface area contributed by atoms with Crippen LogP contribution in [0.25, 0.3) is 0 Å². The third-order valence-electron chi connectivity index (χ3n) is 3.11. The monoisotopic (exact) mass is 327 g/mol. The molecule has 2 rings (SSSR count). The summed E-state index contributed by atoms with van der Waals surface area (Å²) >= 11 is 3.33. The van der Waals surface area contributed by atoms with E-state index in [1.165, 1.54) is 0 Å². The Morgan fingerprint density at radius 3 is 3.16 bits per heavy atom. The van der Waals surface area contributed by atoms with Crippen molar-refractivity contribution >= 4 is 27.5 Å². The largest absolute Gasteiger partial charge is 0.398 e. The van der Waals surface area contributed by atoms with E-state index in [0.717, 1.165) is 13.1 Å². The summed E-state index contributed by atoms with van der Waals surface area (Å²) in [5.74, 6) is -0.143. The molecule has 3 N–H and O–H groups in total. The number of ether oxygens (including phenoxy) is 1. The van der Waals surface area contributed by atoms with E-state index in [1.54, 1.807) is 18.2 Å². The molecule has 1 atom stereocenters. The molecule has 1 unspecified atom stereocenters. The van der Waals surface area contributed by atoms with Crippen molar-refractivity contribution in [2.45, 2.75) is 6.10 Å². The number of carbonyl (C=O) groups is 1. The highest BCUT2D eigenvalue weighted by Gasteiger charge is 2.19. The number of likely N-dealkylation sites (N-methyl/N-ethyl adjacent to an activating group) is 1. The number of nitrogens with one attached hydrogen (secondary N) is 1. The van der Waals surface area contributed by atoms with Crippen LogP contribution in [0.1, 0.15) is 10.4 Å². The Kier molecular flexibility index (Phi) is 4.79. The van der Waals surface area contributed by atoms with Gasteiger partial charge in [-0.15, -0.1) is 0 Å². The van der Waals surface area contributed by atoms with Crippen molar-refractivity contribution in [1.29, 1.82) is 0 Å². The summed E-state index contributed by atoms with van der Waals surface area (Å²) in [4.78, 5) is 14.3. The molecule has 1 aliphatic rings. The topological polar surface area (TPSA) is 67.6 Å². The quantitative estimate of drug-likeness (QED) is 0.815. The third-order valence-corrected chi connectivity index (χ3v) is 3.99. The number of benzene rings is 1.